The highest BCUT2D eigenvalue weighted by molar-refractivity contribution is 9.10. The lowest BCUT2D eigenvalue weighted by Gasteiger charge is -2.34. The molecule has 0 bridgehead atoms. The average Bonchev–Trinajstić information content (AvgIpc) is 2.38. The molecule has 0 aromatic heterocycles. The number of hydrogen-bond acceptors (Lipinski definition) is 4. The second-order valence-corrected chi connectivity index (χ2v) is 6.02. The van der Waals surface area contributed by atoms with Gasteiger partial charge < -0.3 is 10.1 Å². The van der Waals surface area contributed by atoms with Crippen molar-refractivity contribution < 1.29 is 9.66 Å². The predicted octanol–water partition coefficient (Wildman–Crippen LogP) is 3.02. The van der Waals surface area contributed by atoms with Crippen molar-refractivity contribution in [1.82, 2.24) is 5.32 Å². The summed E-state index contributed by atoms with van der Waals surface area (Å²) < 4.78 is 6.18. The van der Waals surface area contributed by atoms with Gasteiger partial charge in [0, 0.05) is 34.8 Å². The van der Waals surface area contributed by atoms with Gasteiger partial charge in [-0.05, 0) is 31.9 Å². The first kappa shape index (κ1) is 14.4. The van der Waals surface area contributed by atoms with Crippen molar-refractivity contribution in [3.05, 3.63) is 38.3 Å². The van der Waals surface area contributed by atoms with E-state index in [9.17, 15) is 10.1 Å². The van der Waals surface area contributed by atoms with Gasteiger partial charge >= 0.3 is 0 Å². The van der Waals surface area contributed by atoms with E-state index in [2.05, 4.69) is 28.2 Å². The largest absolute Gasteiger partial charge is 0.380 e. The van der Waals surface area contributed by atoms with Gasteiger partial charge in [-0.2, -0.15) is 0 Å². The Hall–Kier alpha value is -0.980. The number of halogens is 1. The van der Waals surface area contributed by atoms with Crippen molar-refractivity contribution in [3.8, 4) is 0 Å². The molecule has 1 N–H and O–H groups in total. The molecule has 1 heterocycles. The summed E-state index contributed by atoms with van der Waals surface area (Å²) >= 11 is 3.26. The zero-order chi connectivity index (χ0) is 13.9. The molecule has 1 saturated heterocycles. The third-order valence-electron chi connectivity index (χ3n) is 3.39. The van der Waals surface area contributed by atoms with Crippen LogP contribution in [-0.2, 0) is 11.3 Å². The molecule has 0 amide bonds. The summed E-state index contributed by atoms with van der Waals surface area (Å²) in [5.41, 5.74) is 0.737. The average molecular weight is 329 g/mol. The zero-order valence-electron chi connectivity index (χ0n) is 10.8. The van der Waals surface area contributed by atoms with Gasteiger partial charge in [-0.15, -0.1) is 0 Å². The molecule has 1 aliphatic heterocycles. The smallest absolute Gasteiger partial charge is 0.275 e. The van der Waals surface area contributed by atoms with Gasteiger partial charge in [0.15, 0.2) is 0 Å². The number of ether oxygens (including phenoxy) is 1. The van der Waals surface area contributed by atoms with Crippen molar-refractivity contribution in [2.75, 3.05) is 13.2 Å². The minimum Gasteiger partial charge on any atom is -0.380 e. The van der Waals surface area contributed by atoms with Crippen LogP contribution in [0.15, 0.2) is 22.7 Å². The van der Waals surface area contributed by atoms with Crippen LogP contribution in [0.2, 0.25) is 0 Å². The minimum atomic E-state index is -0.346. The van der Waals surface area contributed by atoms with Gasteiger partial charge in [-0.3, -0.25) is 10.1 Å². The molecule has 104 valence electrons. The first-order chi connectivity index (χ1) is 9.00. The number of nitro groups is 1. The van der Waals surface area contributed by atoms with E-state index >= 15 is 0 Å². The molecule has 0 radical (unpaired) electrons. The molecule has 0 spiro atoms. The summed E-state index contributed by atoms with van der Waals surface area (Å²) in [6, 6.07) is 5.14. The lowest BCUT2D eigenvalue weighted by molar-refractivity contribution is -0.385. The Morgan fingerprint density at radius 3 is 3.00 bits per heavy atom. The molecule has 5 nitrogen and oxygen atoms in total. The summed E-state index contributed by atoms with van der Waals surface area (Å²) in [7, 11) is 0. The fourth-order valence-electron chi connectivity index (χ4n) is 2.24. The van der Waals surface area contributed by atoms with E-state index in [0.29, 0.717) is 18.7 Å². The molecule has 2 rings (SSSR count). The van der Waals surface area contributed by atoms with E-state index in [4.69, 9.17) is 4.74 Å². The Kier molecular flexibility index (Phi) is 4.54. The zero-order valence-corrected chi connectivity index (χ0v) is 12.4. The Morgan fingerprint density at radius 1 is 1.58 bits per heavy atom. The third-order valence-corrected chi connectivity index (χ3v) is 3.88. The van der Waals surface area contributed by atoms with Crippen LogP contribution in [-0.4, -0.2) is 23.7 Å². The van der Waals surface area contributed by atoms with E-state index < -0.39 is 0 Å². The Morgan fingerprint density at radius 2 is 2.37 bits per heavy atom. The maximum Gasteiger partial charge on any atom is 0.275 e. The highest BCUT2D eigenvalue weighted by atomic mass is 79.9. The van der Waals surface area contributed by atoms with Gasteiger partial charge in [0.05, 0.1) is 11.5 Å². The highest BCUT2D eigenvalue weighted by Crippen LogP contribution is 2.25. The lowest BCUT2D eigenvalue weighted by Crippen LogP contribution is -2.48. The van der Waals surface area contributed by atoms with Gasteiger partial charge in [0.25, 0.3) is 5.69 Å². The summed E-state index contributed by atoms with van der Waals surface area (Å²) in [5.74, 6) is 0. The number of hydrogen-bond donors (Lipinski definition) is 1. The van der Waals surface area contributed by atoms with Crippen molar-refractivity contribution >= 4 is 21.6 Å². The van der Waals surface area contributed by atoms with E-state index in [1.807, 2.05) is 6.07 Å². The second-order valence-electron chi connectivity index (χ2n) is 5.10. The van der Waals surface area contributed by atoms with Crippen LogP contribution in [0.25, 0.3) is 0 Å². The number of rotatable bonds is 4. The standard InChI is InChI=1S/C13H17BrN2O3/c1-13(5-2-6-19-9-13)15-8-10-3-4-11(14)7-12(10)16(17)18/h3-4,7,15H,2,5-6,8-9H2,1H3. The van der Waals surface area contributed by atoms with Crippen LogP contribution in [0.4, 0.5) is 5.69 Å². The topological polar surface area (TPSA) is 64.4 Å². The maximum absolute atomic E-state index is 11.0. The van der Waals surface area contributed by atoms with Crippen molar-refractivity contribution in [2.24, 2.45) is 0 Å². The summed E-state index contributed by atoms with van der Waals surface area (Å²) in [6.45, 7) is 4.02. The molecular weight excluding hydrogens is 312 g/mol. The number of nitro benzene ring substituents is 1. The SMILES string of the molecule is CC1(NCc2ccc(Br)cc2[N+](=O)[O-])CCCOC1. The highest BCUT2D eigenvalue weighted by Gasteiger charge is 2.27. The second kappa shape index (κ2) is 5.98. The van der Waals surface area contributed by atoms with E-state index in [1.54, 1.807) is 6.07 Å². The first-order valence-corrected chi connectivity index (χ1v) is 7.05. The molecule has 1 aromatic rings. The fourth-order valence-corrected chi connectivity index (χ4v) is 2.59. The van der Waals surface area contributed by atoms with Gasteiger partial charge in [-0.25, -0.2) is 0 Å². The van der Waals surface area contributed by atoms with Crippen LogP contribution in [0.3, 0.4) is 0 Å². The molecule has 0 saturated carbocycles. The lowest BCUT2D eigenvalue weighted by atomic mass is 9.94. The third kappa shape index (κ3) is 3.75. The van der Waals surface area contributed by atoms with Crippen LogP contribution in [0.5, 0.6) is 0 Å². The molecule has 0 aliphatic carbocycles. The Labute approximate surface area is 120 Å². The van der Waals surface area contributed by atoms with Crippen molar-refractivity contribution in [3.63, 3.8) is 0 Å². The fraction of sp³-hybridized carbons (Fsp3) is 0.538. The summed E-state index contributed by atoms with van der Waals surface area (Å²) in [4.78, 5) is 10.7. The summed E-state index contributed by atoms with van der Waals surface area (Å²) in [6.07, 6.45) is 2.04. The van der Waals surface area contributed by atoms with E-state index in [0.717, 1.165) is 23.9 Å². The van der Waals surface area contributed by atoms with E-state index in [1.165, 1.54) is 6.07 Å². The monoisotopic (exact) mass is 328 g/mol. The minimum absolute atomic E-state index is 0.0980. The van der Waals surface area contributed by atoms with Crippen molar-refractivity contribution in [2.45, 2.75) is 31.8 Å². The number of nitrogens with one attached hydrogen (secondary N) is 1. The first-order valence-electron chi connectivity index (χ1n) is 6.26. The van der Waals surface area contributed by atoms with Crippen LogP contribution in [0.1, 0.15) is 25.3 Å². The number of nitrogens with zero attached hydrogens (tertiary/aromatic N) is 1. The quantitative estimate of drug-likeness (QED) is 0.681. The van der Waals surface area contributed by atoms with E-state index in [-0.39, 0.29) is 16.1 Å². The molecule has 1 atom stereocenters. The Balaban J connectivity index is 2.08. The van der Waals surface area contributed by atoms with Crippen LogP contribution < -0.4 is 5.32 Å². The van der Waals surface area contributed by atoms with Crippen LogP contribution in [0, 0.1) is 10.1 Å². The molecule has 1 fully saturated rings. The molecule has 1 unspecified atom stereocenters. The molecular formula is C13H17BrN2O3. The molecule has 6 heteroatoms. The Bertz CT molecular complexity index is 473. The maximum atomic E-state index is 11.0. The van der Waals surface area contributed by atoms with Gasteiger partial charge in [0.1, 0.15) is 0 Å². The predicted molar refractivity (Wildman–Crippen MR) is 76.1 cm³/mol. The van der Waals surface area contributed by atoms with Gasteiger partial charge in [-0.1, -0.05) is 15.9 Å². The number of benzene rings is 1. The normalized spacial score (nSPS) is 23.3. The summed E-state index contributed by atoms with van der Waals surface area (Å²) in [5, 5.41) is 14.4. The van der Waals surface area contributed by atoms with Crippen molar-refractivity contribution in [1.29, 1.82) is 0 Å². The van der Waals surface area contributed by atoms with Gasteiger partial charge in [0.2, 0.25) is 0 Å². The molecule has 1 aromatic carbocycles. The molecule has 1 aliphatic rings. The van der Waals surface area contributed by atoms with Crippen LogP contribution >= 0.6 is 15.9 Å². The molecule has 19 heavy (non-hydrogen) atoms.